The number of carbonyl (C=O) groups excluding carboxylic acids is 2. The minimum absolute atomic E-state index is 0.0765. The van der Waals surface area contributed by atoms with Gasteiger partial charge in [-0.05, 0) is 30.5 Å². The summed E-state index contributed by atoms with van der Waals surface area (Å²) in [6.45, 7) is 1.19. The van der Waals surface area contributed by atoms with Crippen molar-refractivity contribution in [2.75, 3.05) is 19.6 Å². The molecule has 1 aliphatic rings. The van der Waals surface area contributed by atoms with Crippen molar-refractivity contribution in [3.63, 3.8) is 0 Å². The van der Waals surface area contributed by atoms with E-state index >= 15 is 0 Å². The summed E-state index contributed by atoms with van der Waals surface area (Å²) >= 11 is 0. The molecule has 1 aliphatic heterocycles. The first-order chi connectivity index (χ1) is 11.8. The minimum atomic E-state index is -4.42. The zero-order valence-electron chi connectivity index (χ0n) is 13.7. The first kappa shape index (κ1) is 19.2. The van der Waals surface area contributed by atoms with E-state index in [0.717, 1.165) is 25.1 Å². The first-order valence-corrected chi connectivity index (χ1v) is 8.17. The number of alkyl halides is 3. The average Bonchev–Trinajstić information content (AvgIpc) is 2.97. The van der Waals surface area contributed by atoms with Crippen molar-refractivity contribution in [2.24, 2.45) is 0 Å². The summed E-state index contributed by atoms with van der Waals surface area (Å²) in [7, 11) is 0. The number of nitrogens with zero attached hydrogens (tertiary/aromatic N) is 1. The van der Waals surface area contributed by atoms with Crippen LogP contribution in [0.15, 0.2) is 24.3 Å². The Kier molecular flexibility index (Phi) is 6.41. The summed E-state index contributed by atoms with van der Waals surface area (Å²) in [5.74, 6) is -0.157. The fourth-order valence-electron chi connectivity index (χ4n) is 2.68. The standard InChI is InChI=1S/C17H21F3N2O3/c18-17(19,20)13-7-5-12(6-8-13)14(23)11-21-15(24)3-1-9-22-10-2-4-16(22)25/h5-8,14,23H,1-4,9-11H2,(H,21,24). The summed E-state index contributed by atoms with van der Waals surface area (Å²) in [4.78, 5) is 24.9. The van der Waals surface area contributed by atoms with Gasteiger partial charge in [-0.1, -0.05) is 12.1 Å². The van der Waals surface area contributed by atoms with Crippen molar-refractivity contribution < 1.29 is 27.9 Å². The molecule has 2 amide bonds. The fraction of sp³-hybridized carbons (Fsp3) is 0.529. The molecule has 1 saturated heterocycles. The van der Waals surface area contributed by atoms with Crippen LogP contribution >= 0.6 is 0 Å². The lowest BCUT2D eigenvalue weighted by Crippen LogP contribution is -2.30. The highest BCUT2D eigenvalue weighted by Gasteiger charge is 2.30. The van der Waals surface area contributed by atoms with Crippen LogP contribution in [0.25, 0.3) is 0 Å². The highest BCUT2D eigenvalue weighted by molar-refractivity contribution is 5.78. The van der Waals surface area contributed by atoms with E-state index in [-0.39, 0.29) is 24.8 Å². The van der Waals surface area contributed by atoms with Crippen LogP contribution in [0.5, 0.6) is 0 Å². The number of benzene rings is 1. The Morgan fingerprint density at radius 2 is 1.96 bits per heavy atom. The molecule has 25 heavy (non-hydrogen) atoms. The van der Waals surface area contributed by atoms with Gasteiger partial charge in [-0.2, -0.15) is 13.2 Å². The second-order valence-electron chi connectivity index (χ2n) is 6.03. The molecular weight excluding hydrogens is 337 g/mol. The number of carbonyl (C=O) groups is 2. The molecule has 0 spiro atoms. The van der Waals surface area contributed by atoms with E-state index in [0.29, 0.717) is 24.9 Å². The number of amides is 2. The quantitative estimate of drug-likeness (QED) is 0.786. The minimum Gasteiger partial charge on any atom is -0.387 e. The predicted molar refractivity (Wildman–Crippen MR) is 84.5 cm³/mol. The third-order valence-corrected chi connectivity index (χ3v) is 4.12. The normalized spacial score (nSPS) is 16.2. The molecule has 0 aromatic heterocycles. The molecule has 0 radical (unpaired) electrons. The Labute approximate surface area is 143 Å². The van der Waals surface area contributed by atoms with Crippen LogP contribution in [0, 0.1) is 0 Å². The number of likely N-dealkylation sites (tertiary alicyclic amines) is 1. The van der Waals surface area contributed by atoms with E-state index < -0.39 is 17.8 Å². The van der Waals surface area contributed by atoms with Gasteiger partial charge in [-0.15, -0.1) is 0 Å². The second kappa shape index (κ2) is 8.33. The van der Waals surface area contributed by atoms with Gasteiger partial charge in [0.15, 0.2) is 0 Å². The number of nitrogens with one attached hydrogen (secondary N) is 1. The fourth-order valence-corrected chi connectivity index (χ4v) is 2.68. The van der Waals surface area contributed by atoms with Crippen molar-refractivity contribution in [3.05, 3.63) is 35.4 Å². The molecule has 0 saturated carbocycles. The Hall–Kier alpha value is -2.09. The van der Waals surface area contributed by atoms with E-state index in [9.17, 15) is 27.9 Å². The lowest BCUT2D eigenvalue weighted by atomic mass is 10.1. The molecule has 1 fully saturated rings. The van der Waals surface area contributed by atoms with E-state index in [1.807, 2.05) is 0 Å². The molecule has 1 atom stereocenters. The molecule has 1 aromatic rings. The van der Waals surface area contributed by atoms with E-state index in [4.69, 9.17) is 0 Å². The van der Waals surface area contributed by atoms with Gasteiger partial charge in [0.05, 0.1) is 11.7 Å². The van der Waals surface area contributed by atoms with Gasteiger partial charge >= 0.3 is 6.18 Å². The second-order valence-corrected chi connectivity index (χ2v) is 6.03. The van der Waals surface area contributed by atoms with Gasteiger partial charge in [0.25, 0.3) is 0 Å². The number of aliphatic hydroxyl groups excluding tert-OH is 1. The van der Waals surface area contributed by atoms with E-state index in [2.05, 4.69) is 5.32 Å². The summed E-state index contributed by atoms with van der Waals surface area (Å²) < 4.78 is 37.5. The van der Waals surface area contributed by atoms with Gasteiger partial charge in [0.1, 0.15) is 0 Å². The predicted octanol–water partition coefficient (Wildman–Crippen LogP) is 2.26. The Morgan fingerprint density at radius 1 is 1.28 bits per heavy atom. The number of aliphatic hydroxyl groups is 1. The van der Waals surface area contributed by atoms with Crippen LogP contribution in [-0.4, -0.2) is 41.5 Å². The summed E-state index contributed by atoms with van der Waals surface area (Å²) in [5.41, 5.74) is -0.486. The van der Waals surface area contributed by atoms with Crippen LogP contribution in [0.1, 0.15) is 42.9 Å². The van der Waals surface area contributed by atoms with Crippen molar-refractivity contribution in [1.29, 1.82) is 0 Å². The van der Waals surface area contributed by atoms with Gasteiger partial charge in [0, 0.05) is 32.5 Å². The molecule has 5 nitrogen and oxygen atoms in total. The third kappa shape index (κ3) is 5.74. The van der Waals surface area contributed by atoms with Gasteiger partial charge in [-0.25, -0.2) is 0 Å². The van der Waals surface area contributed by atoms with Crippen molar-refractivity contribution in [2.45, 2.75) is 38.0 Å². The first-order valence-electron chi connectivity index (χ1n) is 8.17. The SMILES string of the molecule is O=C(CCCN1CCCC1=O)NCC(O)c1ccc(C(F)(F)F)cc1. The van der Waals surface area contributed by atoms with Gasteiger partial charge < -0.3 is 15.3 Å². The Balaban J connectivity index is 1.70. The monoisotopic (exact) mass is 358 g/mol. The van der Waals surface area contributed by atoms with E-state index in [1.165, 1.54) is 12.1 Å². The molecule has 1 unspecified atom stereocenters. The lowest BCUT2D eigenvalue weighted by Gasteiger charge is -2.16. The van der Waals surface area contributed by atoms with Crippen LogP contribution in [-0.2, 0) is 15.8 Å². The summed E-state index contributed by atoms with van der Waals surface area (Å²) in [6.07, 6.45) is -3.33. The summed E-state index contributed by atoms with van der Waals surface area (Å²) in [5, 5.41) is 12.5. The average molecular weight is 358 g/mol. The zero-order chi connectivity index (χ0) is 18.4. The van der Waals surface area contributed by atoms with Crippen LogP contribution in [0.2, 0.25) is 0 Å². The maximum Gasteiger partial charge on any atom is 0.416 e. The molecule has 138 valence electrons. The van der Waals surface area contributed by atoms with Crippen molar-refractivity contribution in [1.82, 2.24) is 10.2 Å². The molecule has 0 bridgehead atoms. The van der Waals surface area contributed by atoms with Crippen LogP contribution < -0.4 is 5.32 Å². The smallest absolute Gasteiger partial charge is 0.387 e. The zero-order valence-corrected chi connectivity index (χ0v) is 13.7. The maximum atomic E-state index is 12.5. The number of rotatable bonds is 7. The Morgan fingerprint density at radius 3 is 2.52 bits per heavy atom. The Bertz CT molecular complexity index is 602. The molecule has 1 heterocycles. The highest BCUT2D eigenvalue weighted by atomic mass is 19.4. The lowest BCUT2D eigenvalue weighted by molar-refractivity contribution is -0.137. The number of halogens is 3. The highest BCUT2D eigenvalue weighted by Crippen LogP contribution is 2.29. The van der Waals surface area contributed by atoms with Crippen molar-refractivity contribution in [3.8, 4) is 0 Å². The topological polar surface area (TPSA) is 69.6 Å². The molecule has 1 aromatic carbocycles. The maximum absolute atomic E-state index is 12.5. The molecule has 2 rings (SSSR count). The number of hydrogen-bond acceptors (Lipinski definition) is 3. The van der Waals surface area contributed by atoms with Crippen LogP contribution in [0.3, 0.4) is 0 Å². The summed E-state index contributed by atoms with van der Waals surface area (Å²) in [6, 6.07) is 4.18. The number of hydrogen-bond donors (Lipinski definition) is 2. The largest absolute Gasteiger partial charge is 0.416 e. The van der Waals surface area contributed by atoms with Crippen molar-refractivity contribution >= 4 is 11.8 Å². The third-order valence-electron chi connectivity index (χ3n) is 4.12. The van der Waals surface area contributed by atoms with Gasteiger partial charge in [0.2, 0.25) is 11.8 Å². The van der Waals surface area contributed by atoms with Gasteiger partial charge in [-0.3, -0.25) is 9.59 Å². The molecule has 0 aliphatic carbocycles. The molecule has 2 N–H and O–H groups in total. The molecular formula is C17H21F3N2O3. The molecule has 8 heteroatoms. The van der Waals surface area contributed by atoms with E-state index in [1.54, 1.807) is 4.90 Å². The van der Waals surface area contributed by atoms with Crippen LogP contribution in [0.4, 0.5) is 13.2 Å².